The van der Waals surface area contributed by atoms with Crippen molar-refractivity contribution in [2.45, 2.75) is 76.7 Å². The first-order valence-electron chi connectivity index (χ1n) is 9.36. The van der Waals surface area contributed by atoms with Gasteiger partial charge >= 0.3 is 5.97 Å². The van der Waals surface area contributed by atoms with Crippen molar-refractivity contribution < 1.29 is 19.5 Å². The van der Waals surface area contributed by atoms with E-state index in [1.807, 2.05) is 0 Å². The van der Waals surface area contributed by atoms with Crippen molar-refractivity contribution in [1.82, 2.24) is 10.2 Å². The topological polar surface area (TPSA) is 86.7 Å². The van der Waals surface area contributed by atoms with Crippen LogP contribution < -0.4 is 5.32 Å². The number of likely N-dealkylation sites (tertiary alicyclic amines) is 1. The van der Waals surface area contributed by atoms with Gasteiger partial charge in [0, 0.05) is 32.0 Å². The van der Waals surface area contributed by atoms with E-state index in [1.165, 1.54) is 32.1 Å². The van der Waals surface area contributed by atoms with E-state index in [2.05, 4.69) is 5.32 Å². The van der Waals surface area contributed by atoms with Gasteiger partial charge in [0.2, 0.25) is 11.8 Å². The van der Waals surface area contributed by atoms with Crippen LogP contribution in [-0.4, -0.2) is 46.9 Å². The number of aliphatic carboxylic acids is 1. The van der Waals surface area contributed by atoms with E-state index in [0.29, 0.717) is 25.9 Å². The second-order valence-electron chi connectivity index (χ2n) is 7.10. The minimum Gasteiger partial charge on any atom is -0.481 e. The van der Waals surface area contributed by atoms with Gasteiger partial charge in [-0.05, 0) is 25.7 Å². The van der Waals surface area contributed by atoms with Crippen LogP contribution in [0.3, 0.4) is 0 Å². The fourth-order valence-corrected chi connectivity index (χ4v) is 3.65. The highest BCUT2D eigenvalue weighted by Gasteiger charge is 2.27. The third-order valence-corrected chi connectivity index (χ3v) is 5.23. The average molecular weight is 338 g/mol. The van der Waals surface area contributed by atoms with Gasteiger partial charge in [-0.2, -0.15) is 0 Å². The van der Waals surface area contributed by atoms with Gasteiger partial charge in [-0.25, -0.2) is 0 Å². The van der Waals surface area contributed by atoms with Crippen molar-refractivity contribution >= 4 is 17.8 Å². The number of nitrogens with one attached hydrogen (secondary N) is 1. The van der Waals surface area contributed by atoms with Crippen molar-refractivity contribution in [3.05, 3.63) is 0 Å². The Labute approximate surface area is 144 Å². The largest absolute Gasteiger partial charge is 0.481 e. The molecule has 136 valence electrons. The summed E-state index contributed by atoms with van der Waals surface area (Å²) < 4.78 is 0. The molecular formula is C18H30N2O4. The summed E-state index contributed by atoms with van der Waals surface area (Å²) in [6, 6.07) is 0.263. The number of amides is 2. The zero-order valence-corrected chi connectivity index (χ0v) is 14.5. The van der Waals surface area contributed by atoms with Gasteiger partial charge in [-0.1, -0.05) is 32.1 Å². The highest BCUT2D eigenvalue weighted by Crippen LogP contribution is 2.19. The summed E-state index contributed by atoms with van der Waals surface area (Å²) in [4.78, 5) is 36.9. The number of nitrogens with zero attached hydrogens (tertiary/aromatic N) is 1. The van der Waals surface area contributed by atoms with Crippen molar-refractivity contribution in [3.63, 3.8) is 0 Å². The summed E-state index contributed by atoms with van der Waals surface area (Å²) in [6.07, 6.45) is 9.69. The maximum absolute atomic E-state index is 12.2. The minimum atomic E-state index is -0.777. The van der Waals surface area contributed by atoms with Crippen LogP contribution in [0.2, 0.25) is 0 Å². The molecular weight excluding hydrogens is 308 g/mol. The smallest absolute Gasteiger partial charge is 0.306 e. The number of rotatable bonds is 5. The fraction of sp³-hybridized carbons (Fsp3) is 0.833. The molecule has 6 nitrogen and oxygen atoms in total. The number of carboxylic acids is 1. The highest BCUT2D eigenvalue weighted by molar-refractivity contribution is 5.84. The predicted molar refractivity (Wildman–Crippen MR) is 90.4 cm³/mol. The monoisotopic (exact) mass is 338 g/mol. The Morgan fingerprint density at radius 1 is 0.875 bits per heavy atom. The van der Waals surface area contributed by atoms with E-state index >= 15 is 0 Å². The van der Waals surface area contributed by atoms with Gasteiger partial charge in [0.25, 0.3) is 0 Å². The Morgan fingerprint density at radius 2 is 1.46 bits per heavy atom. The van der Waals surface area contributed by atoms with Crippen molar-refractivity contribution in [2.24, 2.45) is 5.92 Å². The number of carbonyl (C=O) groups excluding carboxylic acids is 2. The molecule has 0 aromatic heterocycles. The molecule has 0 aromatic carbocycles. The number of hydrogen-bond donors (Lipinski definition) is 2. The van der Waals surface area contributed by atoms with Crippen LogP contribution in [0.5, 0.6) is 0 Å². The third kappa shape index (κ3) is 6.13. The Morgan fingerprint density at radius 3 is 2.04 bits per heavy atom. The Hall–Kier alpha value is -1.59. The standard InChI is InChI=1S/C18H30N2O4/c21-16(19-15-6-4-2-1-3-5-7-15)8-9-17(22)20-12-10-14(11-13-20)18(23)24/h14-15H,1-13H2,(H,19,21)(H,23,24). The lowest BCUT2D eigenvalue weighted by Crippen LogP contribution is -2.41. The number of piperidine rings is 1. The lowest BCUT2D eigenvalue weighted by Gasteiger charge is -2.30. The van der Waals surface area contributed by atoms with Gasteiger partial charge in [0.15, 0.2) is 0 Å². The first kappa shape index (κ1) is 18.7. The Kier molecular flexibility index (Phi) is 7.53. The maximum atomic E-state index is 12.2. The molecule has 2 fully saturated rings. The van der Waals surface area contributed by atoms with E-state index in [-0.39, 0.29) is 36.6 Å². The number of carboxylic acid groups (broad SMARTS) is 1. The molecule has 1 saturated heterocycles. The van der Waals surface area contributed by atoms with E-state index in [9.17, 15) is 14.4 Å². The highest BCUT2D eigenvalue weighted by atomic mass is 16.4. The molecule has 1 aliphatic heterocycles. The lowest BCUT2D eigenvalue weighted by atomic mass is 9.96. The summed E-state index contributed by atoms with van der Waals surface area (Å²) in [5.41, 5.74) is 0. The normalized spacial score (nSPS) is 20.9. The van der Waals surface area contributed by atoms with Crippen LogP contribution in [0, 0.1) is 5.92 Å². The third-order valence-electron chi connectivity index (χ3n) is 5.23. The number of carbonyl (C=O) groups is 3. The van der Waals surface area contributed by atoms with Gasteiger partial charge < -0.3 is 15.3 Å². The van der Waals surface area contributed by atoms with Crippen LogP contribution in [0.1, 0.15) is 70.6 Å². The van der Waals surface area contributed by atoms with Crippen LogP contribution in [0.15, 0.2) is 0 Å². The molecule has 0 aromatic rings. The van der Waals surface area contributed by atoms with Gasteiger partial charge in [0.05, 0.1) is 5.92 Å². The molecule has 1 heterocycles. The lowest BCUT2D eigenvalue weighted by molar-refractivity contribution is -0.145. The van der Waals surface area contributed by atoms with Gasteiger partial charge in [0.1, 0.15) is 0 Å². The molecule has 0 spiro atoms. The van der Waals surface area contributed by atoms with Gasteiger partial charge in [-0.3, -0.25) is 14.4 Å². The van der Waals surface area contributed by atoms with Gasteiger partial charge in [-0.15, -0.1) is 0 Å². The Balaban J connectivity index is 1.65. The van der Waals surface area contributed by atoms with E-state index in [4.69, 9.17) is 5.11 Å². The van der Waals surface area contributed by atoms with E-state index < -0.39 is 5.97 Å². The van der Waals surface area contributed by atoms with Crippen LogP contribution in [0.25, 0.3) is 0 Å². The molecule has 2 rings (SSSR count). The summed E-state index contributed by atoms with van der Waals surface area (Å²) >= 11 is 0. The van der Waals surface area contributed by atoms with E-state index in [0.717, 1.165) is 12.8 Å². The SMILES string of the molecule is O=C(CCC(=O)N1CCC(C(=O)O)CC1)NC1CCCCCCC1. The molecule has 0 bridgehead atoms. The summed E-state index contributed by atoms with van der Waals surface area (Å²) in [7, 11) is 0. The minimum absolute atomic E-state index is 0.0330. The molecule has 2 amide bonds. The Bertz CT molecular complexity index is 436. The van der Waals surface area contributed by atoms with Crippen LogP contribution in [-0.2, 0) is 14.4 Å². The molecule has 0 unspecified atom stereocenters. The van der Waals surface area contributed by atoms with Crippen molar-refractivity contribution in [3.8, 4) is 0 Å². The quantitative estimate of drug-likeness (QED) is 0.805. The van der Waals surface area contributed by atoms with E-state index in [1.54, 1.807) is 4.90 Å². The van der Waals surface area contributed by atoms with Crippen molar-refractivity contribution in [1.29, 1.82) is 0 Å². The average Bonchev–Trinajstić information content (AvgIpc) is 2.55. The first-order valence-corrected chi connectivity index (χ1v) is 9.36. The molecule has 6 heteroatoms. The molecule has 1 aliphatic carbocycles. The molecule has 0 atom stereocenters. The fourth-order valence-electron chi connectivity index (χ4n) is 3.65. The zero-order valence-electron chi connectivity index (χ0n) is 14.5. The first-order chi connectivity index (χ1) is 11.6. The summed E-state index contributed by atoms with van der Waals surface area (Å²) in [6.45, 7) is 0.972. The summed E-state index contributed by atoms with van der Waals surface area (Å²) in [5.74, 6) is -1.18. The molecule has 2 aliphatic rings. The van der Waals surface area contributed by atoms with Crippen molar-refractivity contribution in [2.75, 3.05) is 13.1 Å². The maximum Gasteiger partial charge on any atom is 0.306 e. The predicted octanol–water partition coefficient (Wildman–Crippen LogP) is 2.32. The molecule has 1 saturated carbocycles. The van der Waals surface area contributed by atoms with Crippen LogP contribution >= 0.6 is 0 Å². The molecule has 0 radical (unpaired) electrons. The zero-order chi connectivity index (χ0) is 17.4. The summed E-state index contributed by atoms with van der Waals surface area (Å²) in [5, 5.41) is 12.1. The second kappa shape index (κ2) is 9.64. The van der Waals surface area contributed by atoms with Crippen LogP contribution in [0.4, 0.5) is 0 Å². The second-order valence-corrected chi connectivity index (χ2v) is 7.10. The molecule has 24 heavy (non-hydrogen) atoms. The number of hydrogen-bond acceptors (Lipinski definition) is 3. The molecule has 2 N–H and O–H groups in total.